The Labute approximate surface area is 129 Å². The molecule has 1 aliphatic heterocycles. The van der Waals surface area contributed by atoms with E-state index >= 15 is 0 Å². The number of carbonyl (C=O) groups excluding carboxylic acids is 2. The van der Waals surface area contributed by atoms with Gasteiger partial charge in [0.15, 0.2) is 0 Å². The van der Waals surface area contributed by atoms with Crippen molar-refractivity contribution in [2.75, 3.05) is 19.6 Å². The Balaban J connectivity index is 1.66. The molecule has 1 atom stereocenters. The number of piperidine rings is 1. The lowest BCUT2D eigenvalue weighted by Crippen LogP contribution is -2.48. The summed E-state index contributed by atoms with van der Waals surface area (Å²) in [5, 5.41) is 14.7. The molecule has 1 unspecified atom stereocenters. The third kappa shape index (κ3) is 4.82. The van der Waals surface area contributed by atoms with Crippen molar-refractivity contribution in [1.29, 1.82) is 0 Å². The van der Waals surface area contributed by atoms with Crippen LogP contribution in [0.1, 0.15) is 42.3 Å². The summed E-state index contributed by atoms with van der Waals surface area (Å²) < 4.78 is 0. The first-order chi connectivity index (χ1) is 9.98. The number of rotatable bonds is 5. The molecule has 0 saturated carbocycles. The molecule has 1 saturated heterocycles. The molecule has 6 heteroatoms. The van der Waals surface area contributed by atoms with Crippen molar-refractivity contribution in [3.8, 4) is 0 Å². The van der Waals surface area contributed by atoms with Gasteiger partial charge in [-0.1, -0.05) is 6.07 Å². The predicted octanol–water partition coefficient (Wildman–Crippen LogP) is 1.63. The summed E-state index contributed by atoms with van der Waals surface area (Å²) in [6.45, 7) is 3.39. The summed E-state index contributed by atoms with van der Waals surface area (Å²) in [6, 6.07) is 3.62. The standard InChI is InChI=1S/C15H22N2O3S/c1-15(20)7-4-9-17(11-15)13(18)6-2-8-16-14(19)12-5-3-10-21-12/h3,5,10,20H,2,4,6-9,11H2,1H3,(H,16,19). The number of aliphatic hydroxyl groups is 1. The Kier molecular flexibility index (Phi) is 5.36. The van der Waals surface area contributed by atoms with Gasteiger partial charge in [-0.3, -0.25) is 9.59 Å². The van der Waals surface area contributed by atoms with E-state index in [1.807, 2.05) is 11.4 Å². The number of hydrogen-bond donors (Lipinski definition) is 2. The maximum Gasteiger partial charge on any atom is 0.261 e. The summed E-state index contributed by atoms with van der Waals surface area (Å²) in [4.78, 5) is 26.2. The van der Waals surface area contributed by atoms with Crippen LogP contribution in [0.3, 0.4) is 0 Å². The smallest absolute Gasteiger partial charge is 0.261 e. The highest BCUT2D eigenvalue weighted by Gasteiger charge is 2.30. The molecule has 0 aromatic carbocycles. The molecule has 0 aliphatic carbocycles. The lowest BCUT2D eigenvalue weighted by atomic mass is 9.95. The highest BCUT2D eigenvalue weighted by Crippen LogP contribution is 2.20. The van der Waals surface area contributed by atoms with Gasteiger partial charge >= 0.3 is 0 Å². The molecule has 2 rings (SSSR count). The van der Waals surface area contributed by atoms with E-state index in [0.717, 1.165) is 19.4 Å². The van der Waals surface area contributed by atoms with Crippen LogP contribution in [0.2, 0.25) is 0 Å². The fourth-order valence-corrected chi connectivity index (χ4v) is 3.17. The molecule has 5 nitrogen and oxygen atoms in total. The van der Waals surface area contributed by atoms with Crippen LogP contribution in [-0.4, -0.2) is 47.1 Å². The van der Waals surface area contributed by atoms with Crippen molar-refractivity contribution >= 4 is 23.2 Å². The Hall–Kier alpha value is -1.40. The van der Waals surface area contributed by atoms with E-state index in [2.05, 4.69) is 5.32 Å². The molecule has 1 aromatic rings. The third-order valence-corrected chi connectivity index (χ3v) is 4.49. The van der Waals surface area contributed by atoms with Gasteiger partial charge in [0.25, 0.3) is 5.91 Å². The van der Waals surface area contributed by atoms with Crippen molar-refractivity contribution < 1.29 is 14.7 Å². The van der Waals surface area contributed by atoms with E-state index in [-0.39, 0.29) is 11.8 Å². The van der Waals surface area contributed by atoms with Gasteiger partial charge in [0.2, 0.25) is 5.91 Å². The van der Waals surface area contributed by atoms with Crippen LogP contribution in [0, 0.1) is 0 Å². The quantitative estimate of drug-likeness (QED) is 0.812. The van der Waals surface area contributed by atoms with E-state index in [0.29, 0.717) is 30.8 Å². The number of nitrogens with zero attached hydrogens (tertiary/aromatic N) is 1. The van der Waals surface area contributed by atoms with E-state index in [4.69, 9.17) is 0 Å². The highest BCUT2D eigenvalue weighted by molar-refractivity contribution is 7.12. The van der Waals surface area contributed by atoms with E-state index in [9.17, 15) is 14.7 Å². The van der Waals surface area contributed by atoms with Crippen LogP contribution in [0.15, 0.2) is 17.5 Å². The minimum absolute atomic E-state index is 0.0559. The fraction of sp³-hybridized carbons (Fsp3) is 0.600. The third-order valence-electron chi connectivity index (χ3n) is 3.63. The van der Waals surface area contributed by atoms with Crippen molar-refractivity contribution in [3.05, 3.63) is 22.4 Å². The number of nitrogens with one attached hydrogen (secondary N) is 1. The lowest BCUT2D eigenvalue weighted by Gasteiger charge is -2.36. The number of hydrogen-bond acceptors (Lipinski definition) is 4. The first-order valence-corrected chi connectivity index (χ1v) is 8.18. The molecule has 1 aromatic heterocycles. The van der Waals surface area contributed by atoms with Gasteiger partial charge < -0.3 is 15.3 Å². The predicted molar refractivity (Wildman–Crippen MR) is 82.3 cm³/mol. The summed E-state index contributed by atoms with van der Waals surface area (Å²) in [6.07, 6.45) is 2.61. The largest absolute Gasteiger partial charge is 0.388 e. The molecule has 116 valence electrons. The van der Waals surface area contributed by atoms with Gasteiger partial charge in [0, 0.05) is 26.1 Å². The number of β-amino-alcohol motifs (C(OH)–C–C–N with tert-alkyl or cyclic N) is 1. The van der Waals surface area contributed by atoms with Gasteiger partial charge in [0.05, 0.1) is 10.5 Å². The molecule has 1 aliphatic rings. The summed E-state index contributed by atoms with van der Waals surface area (Å²) in [7, 11) is 0. The molecular formula is C15H22N2O3S. The fourth-order valence-electron chi connectivity index (χ4n) is 2.53. The Morgan fingerprint density at radius 3 is 3.00 bits per heavy atom. The van der Waals surface area contributed by atoms with E-state index in [1.54, 1.807) is 17.9 Å². The van der Waals surface area contributed by atoms with Crippen molar-refractivity contribution in [3.63, 3.8) is 0 Å². The monoisotopic (exact) mass is 310 g/mol. The van der Waals surface area contributed by atoms with Crippen molar-refractivity contribution in [2.45, 2.75) is 38.2 Å². The minimum Gasteiger partial charge on any atom is -0.388 e. The average Bonchev–Trinajstić information content (AvgIpc) is 2.96. The van der Waals surface area contributed by atoms with Gasteiger partial charge in [-0.15, -0.1) is 11.3 Å². The number of likely N-dealkylation sites (tertiary alicyclic amines) is 1. The molecule has 21 heavy (non-hydrogen) atoms. The maximum atomic E-state index is 12.1. The Morgan fingerprint density at radius 2 is 2.33 bits per heavy atom. The topological polar surface area (TPSA) is 69.6 Å². The summed E-state index contributed by atoms with van der Waals surface area (Å²) >= 11 is 1.40. The molecule has 0 radical (unpaired) electrons. The molecule has 0 spiro atoms. The maximum absolute atomic E-state index is 12.1. The van der Waals surface area contributed by atoms with Crippen LogP contribution >= 0.6 is 11.3 Å². The zero-order valence-electron chi connectivity index (χ0n) is 12.3. The second-order valence-corrected chi connectivity index (χ2v) is 6.70. The van der Waals surface area contributed by atoms with Crippen LogP contribution in [0.4, 0.5) is 0 Å². The molecule has 2 N–H and O–H groups in total. The SMILES string of the molecule is CC1(O)CCCN(C(=O)CCCNC(=O)c2cccs2)C1. The average molecular weight is 310 g/mol. The normalized spacial score (nSPS) is 22.1. The second-order valence-electron chi connectivity index (χ2n) is 5.75. The van der Waals surface area contributed by atoms with Crippen molar-refractivity contribution in [1.82, 2.24) is 10.2 Å². The highest BCUT2D eigenvalue weighted by atomic mass is 32.1. The van der Waals surface area contributed by atoms with E-state index < -0.39 is 5.60 Å². The number of carbonyl (C=O) groups is 2. The van der Waals surface area contributed by atoms with Crippen LogP contribution < -0.4 is 5.32 Å². The van der Waals surface area contributed by atoms with Crippen LogP contribution in [0.25, 0.3) is 0 Å². The first kappa shape index (κ1) is 16.0. The number of thiophene rings is 1. The molecule has 2 heterocycles. The summed E-state index contributed by atoms with van der Waals surface area (Å²) in [5.41, 5.74) is -0.763. The number of amides is 2. The molecule has 1 fully saturated rings. The minimum atomic E-state index is -0.763. The zero-order chi connectivity index (χ0) is 15.3. The van der Waals surface area contributed by atoms with E-state index in [1.165, 1.54) is 11.3 Å². The van der Waals surface area contributed by atoms with Gasteiger partial charge in [-0.05, 0) is 37.6 Å². The van der Waals surface area contributed by atoms with Crippen LogP contribution in [-0.2, 0) is 4.79 Å². The molecular weight excluding hydrogens is 288 g/mol. The second kappa shape index (κ2) is 7.04. The van der Waals surface area contributed by atoms with Crippen LogP contribution in [0.5, 0.6) is 0 Å². The zero-order valence-corrected chi connectivity index (χ0v) is 13.1. The molecule has 0 bridgehead atoms. The Bertz CT molecular complexity index is 485. The van der Waals surface area contributed by atoms with Gasteiger partial charge in [-0.2, -0.15) is 0 Å². The first-order valence-electron chi connectivity index (χ1n) is 7.30. The van der Waals surface area contributed by atoms with Crippen molar-refractivity contribution in [2.24, 2.45) is 0 Å². The molecule has 2 amide bonds. The Morgan fingerprint density at radius 1 is 1.52 bits per heavy atom. The van der Waals surface area contributed by atoms with Gasteiger partial charge in [0.1, 0.15) is 0 Å². The van der Waals surface area contributed by atoms with Gasteiger partial charge in [-0.25, -0.2) is 0 Å². The summed E-state index contributed by atoms with van der Waals surface area (Å²) in [5.74, 6) is -0.0290. The lowest BCUT2D eigenvalue weighted by molar-refractivity contribution is -0.137.